The van der Waals surface area contributed by atoms with Gasteiger partial charge in [-0.15, -0.1) is 0 Å². The van der Waals surface area contributed by atoms with Gasteiger partial charge >= 0.3 is 0 Å². The molecule has 0 radical (unpaired) electrons. The number of pyridine rings is 2. The fourth-order valence-corrected chi connectivity index (χ4v) is 2.74. The molecule has 0 saturated carbocycles. The van der Waals surface area contributed by atoms with E-state index < -0.39 is 0 Å². The summed E-state index contributed by atoms with van der Waals surface area (Å²) in [6.45, 7) is 4.46. The Morgan fingerprint density at radius 1 is 1.16 bits per heavy atom. The Morgan fingerprint density at radius 2 is 1.96 bits per heavy atom. The molecule has 5 nitrogen and oxygen atoms in total. The topological polar surface area (TPSA) is 74.8 Å². The van der Waals surface area contributed by atoms with Crippen molar-refractivity contribution in [2.75, 3.05) is 0 Å². The highest BCUT2D eigenvalue weighted by atomic mass is 16.1. The molecule has 0 aliphatic heterocycles. The lowest BCUT2D eigenvalue weighted by atomic mass is 10.0. The maximum Gasteiger partial charge on any atom is 0.251 e. The summed E-state index contributed by atoms with van der Waals surface area (Å²) in [6.07, 6.45) is 2.37. The van der Waals surface area contributed by atoms with Crippen LogP contribution in [0.5, 0.6) is 0 Å². The van der Waals surface area contributed by atoms with Gasteiger partial charge in [0, 0.05) is 23.7 Å². The number of nitrogens with one attached hydrogen (secondary N) is 2. The van der Waals surface area contributed by atoms with Gasteiger partial charge in [0.2, 0.25) is 5.91 Å². The first-order chi connectivity index (χ1) is 12.0. The van der Waals surface area contributed by atoms with E-state index in [9.17, 15) is 9.59 Å². The van der Waals surface area contributed by atoms with Crippen LogP contribution in [-0.2, 0) is 17.8 Å². The number of carbonyl (C=O) groups is 1. The molecule has 0 fully saturated rings. The van der Waals surface area contributed by atoms with Gasteiger partial charge in [-0.2, -0.15) is 0 Å². The van der Waals surface area contributed by atoms with Gasteiger partial charge in [-0.05, 0) is 67.1 Å². The van der Waals surface area contributed by atoms with Crippen molar-refractivity contribution in [1.29, 1.82) is 0 Å². The largest absolute Gasteiger partial charge is 0.350 e. The Bertz CT molecular complexity index is 962. The van der Waals surface area contributed by atoms with E-state index in [1.807, 2.05) is 44.2 Å². The molecule has 0 unspecified atom stereocenters. The molecular formula is C20H21N3O2. The lowest BCUT2D eigenvalue weighted by Crippen LogP contribution is -2.24. The number of carbonyl (C=O) groups excluding carboxylic acids is 1. The molecule has 0 saturated heterocycles. The Hall–Kier alpha value is -2.95. The summed E-state index contributed by atoms with van der Waals surface area (Å²) in [5.74, 6) is -0.0924. The molecule has 3 aromatic rings. The van der Waals surface area contributed by atoms with Crippen molar-refractivity contribution >= 4 is 16.8 Å². The molecule has 25 heavy (non-hydrogen) atoms. The summed E-state index contributed by atoms with van der Waals surface area (Å²) in [7, 11) is 0. The Labute approximate surface area is 146 Å². The second kappa shape index (κ2) is 7.30. The third-order valence-electron chi connectivity index (χ3n) is 4.35. The minimum Gasteiger partial charge on any atom is -0.350 e. The van der Waals surface area contributed by atoms with Crippen molar-refractivity contribution in [2.45, 2.75) is 33.2 Å². The van der Waals surface area contributed by atoms with Crippen molar-refractivity contribution in [3.8, 4) is 0 Å². The Balaban J connectivity index is 1.66. The second-order valence-corrected chi connectivity index (χ2v) is 6.25. The molecule has 5 heteroatoms. The minimum absolute atomic E-state index is 0.0924. The molecule has 0 spiro atoms. The van der Waals surface area contributed by atoms with E-state index in [0.717, 1.165) is 22.2 Å². The first-order valence-corrected chi connectivity index (χ1v) is 8.32. The summed E-state index contributed by atoms with van der Waals surface area (Å²) in [5, 5.41) is 3.82. The van der Waals surface area contributed by atoms with Gasteiger partial charge < -0.3 is 10.3 Å². The van der Waals surface area contributed by atoms with Crippen molar-refractivity contribution in [3.63, 3.8) is 0 Å². The molecule has 0 bridgehead atoms. The molecule has 1 amide bonds. The number of fused-ring (bicyclic) bond motifs is 1. The summed E-state index contributed by atoms with van der Waals surface area (Å²) in [6, 6.07) is 11.5. The zero-order valence-corrected chi connectivity index (χ0v) is 14.4. The summed E-state index contributed by atoms with van der Waals surface area (Å²) in [4.78, 5) is 31.3. The number of H-pyrrole nitrogens is 1. The van der Waals surface area contributed by atoms with Crippen molar-refractivity contribution in [3.05, 3.63) is 75.3 Å². The van der Waals surface area contributed by atoms with Crippen LogP contribution >= 0.6 is 0 Å². The smallest absolute Gasteiger partial charge is 0.251 e. The fraction of sp³-hybridized carbons (Fsp3) is 0.250. The van der Waals surface area contributed by atoms with Crippen LogP contribution in [-0.4, -0.2) is 15.9 Å². The first kappa shape index (κ1) is 16.9. The van der Waals surface area contributed by atoms with Gasteiger partial charge in [0.15, 0.2) is 0 Å². The van der Waals surface area contributed by atoms with Gasteiger partial charge in [-0.3, -0.25) is 14.6 Å². The van der Waals surface area contributed by atoms with Gasteiger partial charge in [-0.1, -0.05) is 6.07 Å². The standard InChI is InChI=1S/C20H21N3O2/c1-13-9-16-11-15(20(25)23-18(16)10-14(13)2)6-7-19(24)22-12-17-5-3-4-8-21-17/h3-5,8-11H,6-7,12H2,1-2H3,(H,22,24)(H,23,25). The monoisotopic (exact) mass is 335 g/mol. The number of rotatable bonds is 5. The number of hydrogen-bond acceptors (Lipinski definition) is 3. The predicted octanol–water partition coefficient (Wildman–Crippen LogP) is 2.79. The average molecular weight is 335 g/mol. The lowest BCUT2D eigenvalue weighted by molar-refractivity contribution is -0.121. The van der Waals surface area contributed by atoms with Crippen molar-refractivity contribution < 1.29 is 4.79 Å². The van der Waals surface area contributed by atoms with Crippen LogP contribution in [0.25, 0.3) is 10.9 Å². The number of amides is 1. The molecule has 2 N–H and O–H groups in total. The van der Waals surface area contributed by atoms with Gasteiger partial charge in [0.05, 0.1) is 12.2 Å². The van der Waals surface area contributed by atoms with Crippen LogP contribution in [0.3, 0.4) is 0 Å². The second-order valence-electron chi connectivity index (χ2n) is 6.25. The average Bonchev–Trinajstić information content (AvgIpc) is 2.61. The molecule has 1 aromatic carbocycles. The molecule has 2 heterocycles. The minimum atomic E-state index is -0.131. The molecular weight excluding hydrogens is 314 g/mol. The van der Waals surface area contributed by atoms with Crippen LogP contribution in [0.1, 0.15) is 28.8 Å². The van der Waals surface area contributed by atoms with E-state index in [0.29, 0.717) is 18.5 Å². The highest BCUT2D eigenvalue weighted by molar-refractivity contribution is 5.81. The number of aromatic amines is 1. The molecule has 128 valence electrons. The third kappa shape index (κ3) is 4.12. The van der Waals surface area contributed by atoms with Crippen molar-refractivity contribution in [1.82, 2.24) is 15.3 Å². The summed E-state index contributed by atoms with van der Waals surface area (Å²) < 4.78 is 0. The van der Waals surface area contributed by atoms with Crippen LogP contribution in [0.4, 0.5) is 0 Å². The van der Waals surface area contributed by atoms with E-state index >= 15 is 0 Å². The molecule has 0 atom stereocenters. The fourth-order valence-electron chi connectivity index (χ4n) is 2.74. The van der Waals surface area contributed by atoms with E-state index in [2.05, 4.69) is 21.4 Å². The number of aryl methyl sites for hydroxylation is 3. The highest BCUT2D eigenvalue weighted by Gasteiger charge is 2.08. The number of nitrogens with zero attached hydrogens (tertiary/aromatic N) is 1. The van der Waals surface area contributed by atoms with Gasteiger partial charge in [0.1, 0.15) is 0 Å². The third-order valence-corrected chi connectivity index (χ3v) is 4.35. The van der Waals surface area contributed by atoms with Gasteiger partial charge in [-0.25, -0.2) is 0 Å². The zero-order valence-electron chi connectivity index (χ0n) is 14.4. The quantitative estimate of drug-likeness (QED) is 0.753. The van der Waals surface area contributed by atoms with Crippen LogP contribution < -0.4 is 10.9 Å². The van der Waals surface area contributed by atoms with Crippen LogP contribution in [0.2, 0.25) is 0 Å². The summed E-state index contributed by atoms with van der Waals surface area (Å²) in [5.41, 5.74) is 4.46. The number of aromatic nitrogens is 2. The van der Waals surface area contributed by atoms with Crippen molar-refractivity contribution in [2.24, 2.45) is 0 Å². The zero-order chi connectivity index (χ0) is 17.8. The van der Waals surface area contributed by atoms with E-state index in [4.69, 9.17) is 0 Å². The maximum absolute atomic E-state index is 12.2. The molecule has 3 rings (SSSR count). The van der Waals surface area contributed by atoms with E-state index in [-0.39, 0.29) is 17.9 Å². The normalized spacial score (nSPS) is 10.8. The SMILES string of the molecule is Cc1cc2cc(CCC(=O)NCc3ccccn3)c(=O)[nH]c2cc1C. The highest BCUT2D eigenvalue weighted by Crippen LogP contribution is 2.17. The number of benzene rings is 1. The summed E-state index contributed by atoms with van der Waals surface area (Å²) >= 11 is 0. The van der Waals surface area contributed by atoms with Crippen LogP contribution in [0, 0.1) is 13.8 Å². The number of hydrogen-bond donors (Lipinski definition) is 2. The molecule has 0 aliphatic carbocycles. The Morgan fingerprint density at radius 3 is 2.72 bits per heavy atom. The van der Waals surface area contributed by atoms with Crippen LogP contribution in [0.15, 0.2) is 47.4 Å². The molecule has 2 aromatic heterocycles. The Kier molecular flexibility index (Phi) is 4.93. The van der Waals surface area contributed by atoms with E-state index in [1.165, 1.54) is 5.56 Å². The lowest BCUT2D eigenvalue weighted by Gasteiger charge is -2.07. The first-order valence-electron chi connectivity index (χ1n) is 8.32. The predicted molar refractivity (Wildman–Crippen MR) is 98.4 cm³/mol. The van der Waals surface area contributed by atoms with Gasteiger partial charge in [0.25, 0.3) is 5.56 Å². The molecule has 0 aliphatic rings. The van der Waals surface area contributed by atoms with E-state index in [1.54, 1.807) is 6.20 Å². The maximum atomic E-state index is 12.2.